The molecule has 0 spiro atoms. The van der Waals surface area contributed by atoms with Gasteiger partial charge in [0.05, 0.1) is 38.1 Å². The van der Waals surface area contributed by atoms with Crippen LogP contribution in [0.1, 0.15) is 79.1 Å². The number of aliphatic carboxylic acids is 2. The Morgan fingerprint density at radius 2 is 1.37 bits per heavy atom. The van der Waals surface area contributed by atoms with Gasteiger partial charge in [-0.3, -0.25) is 24.4 Å². The molecular weight excluding hydrogens is 560 g/mol. The van der Waals surface area contributed by atoms with Crippen LogP contribution in [0.5, 0.6) is 0 Å². The number of unbranched alkanes of at least 4 members (excludes halogenated alkanes) is 6. The zero-order chi connectivity index (χ0) is 30.8. The first-order valence-electron chi connectivity index (χ1n) is 14.0. The van der Waals surface area contributed by atoms with Gasteiger partial charge in [0.25, 0.3) is 0 Å². The maximum Gasteiger partial charge on any atom is 2.00 e. The van der Waals surface area contributed by atoms with E-state index < -0.39 is 30.0 Å². The molecule has 12 nitrogen and oxygen atoms in total. The number of hydrogen-bond donors (Lipinski definition) is 4. The minimum atomic E-state index is -1.26. The fourth-order valence-corrected chi connectivity index (χ4v) is 3.35. The number of amides is 1. The van der Waals surface area contributed by atoms with Crippen molar-refractivity contribution in [2.45, 2.75) is 91.3 Å². The van der Waals surface area contributed by atoms with E-state index >= 15 is 0 Å². The van der Waals surface area contributed by atoms with E-state index in [1.54, 1.807) is 13.0 Å². The van der Waals surface area contributed by atoms with Crippen molar-refractivity contribution < 1.29 is 39.9 Å². The number of aliphatic imine (C=N–C) groups is 1. The number of aliphatic hydroxyl groups excluding tert-OH is 2. The molecule has 0 aliphatic rings. The third-order valence-electron chi connectivity index (χ3n) is 5.14. The number of allylic oxidation sites excluding steroid dienone is 2. The standard InChI is InChI=1S/2C14H26N2O4.Ca/c2*1-3-4-5-6-7-8-13(18)15-11-16(9-12(2)17)10-14(19)20;/h2*7-8,12,17H,3-6,9-11H2,1-2H3,(H,15,18)(H,19,20);/q;;+2/p-2/b2*8-7+;. The predicted molar refractivity (Wildman–Crippen MR) is 157 cm³/mol. The molecule has 0 fully saturated rings. The molecule has 0 aromatic heterocycles. The Morgan fingerprint density at radius 3 is 1.83 bits per heavy atom. The zero-order valence-corrected chi connectivity index (χ0v) is 27.5. The summed E-state index contributed by atoms with van der Waals surface area (Å²) < 4.78 is 0. The van der Waals surface area contributed by atoms with E-state index in [1.165, 1.54) is 28.9 Å². The van der Waals surface area contributed by atoms with Crippen molar-refractivity contribution in [1.29, 1.82) is 0 Å². The van der Waals surface area contributed by atoms with Crippen LogP contribution in [0.2, 0.25) is 0 Å². The fourth-order valence-electron chi connectivity index (χ4n) is 3.35. The van der Waals surface area contributed by atoms with E-state index in [1.807, 2.05) is 6.08 Å². The first-order chi connectivity index (χ1) is 18.9. The van der Waals surface area contributed by atoms with E-state index in [4.69, 9.17) is 5.11 Å². The zero-order valence-electron chi connectivity index (χ0n) is 25.3. The van der Waals surface area contributed by atoms with Gasteiger partial charge in [-0.2, -0.15) is 0 Å². The topological polar surface area (TPSA) is 189 Å². The number of nitrogens with zero attached hydrogens (tertiary/aromatic N) is 3. The Hall–Kier alpha value is -1.54. The van der Waals surface area contributed by atoms with Gasteiger partial charge in [-0.25, -0.2) is 0 Å². The van der Waals surface area contributed by atoms with Crippen molar-refractivity contribution in [2.75, 3.05) is 39.5 Å². The van der Waals surface area contributed by atoms with Gasteiger partial charge in [0.1, 0.15) is 0 Å². The smallest absolute Gasteiger partial charge is 0.859 e. The molecule has 0 radical (unpaired) electrons. The van der Waals surface area contributed by atoms with Crippen LogP contribution < -0.4 is 15.5 Å². The molecule has 13 heteroatoms. The normalized spacial score (nSPS) is 13.1. The molecule has 232 valence electrons. The second-order valence-electron chi connectivity index (χ2n) is 9.62. The summed E-state index contributed by atoms with van der Waals surface area (Å²) >= 11 is 0. The number of carboxylic acid groups (broad SMARTS) is 2. The Morgan fingerprint density at radius 1 is 0.854 bits per heavy atom. The van der Waals surface area contributed by atoms with Gasteiger partial charge in [0.15, 0.2) is 0 Å². The largest absolute Gasteiger partial charge is 2.00 e. The Bertz CT molecular complexity index is 776. The molecule has 4 N–H and O–H groups in total. The van der Waals surface area contributed by atoms with Crippen molar-refractivity contribution in [2.24, 2.45) is 4.99 Å². The van der Waals surface area contributed by atoms with Crippen molar-refractivity contribution in [3.05, 3.63) is 24.3 Å². The molecule has 0 heterocycles. The molecule has 41 heavy (non-hydrogen) atoms. The third kappa shape index (κ3) is 34.6. The van der Waals surface area contributed by atoms with Crippen LogP contribution in [0, 0.1) is 0 Å². The Kier molecular flexibility index (Phi) is 32.1. The second-order valence-corrected chi connectivity index (χ2v) is 9.62. The van der Waals surface area contributed by atoms with Crippen molar-refractivity contribution in [1.82, 2.24) is 15.1 Å². The average Bonchev–Trinajstić information content (AvgIpc) is 2.84. The van der Waals surface area contributed by atoms with Crippen molar-refractivity contribution >= 4 is 61.5 Å². The van der Waals surface area contributed by atoms with Gasteiger partial charge >= 0.3 is 43.7 Å². The number of carbonyl (C=O) groups excluding carboxylic acids is 2. The van der Waals surface area contributed by atoms with Gasteiger partial charge < -0.3 is 35.6 Å². The Labute approximate surface area is 275 Å². The van der Waals surface area contributed by atoms with Gasteiger partial charge in [0.2, 0.25) is 5.91 Å². The number of nitrogens with one attached hydrogen (secondary N) is 1. The third-order valence-corrected chi connectivity index (χ3v) is 5.14. The molecule has 0 rings (SSSR count). The summed E-state index contributed by atoms with van der Waals surface area (Å²) in [6.07, 6.45) is 13.5. The summed E-state index contributed by atoms with van der Waals surface area (Å²) in [5.41, 5.74) is 0. The predicted octanol–water partition coefficient (Wildman–Crippen LogP) is -0.145. The molecule has 0 bridgehead atoms. The van der Waals surface area contributed by atoms with Crippen LogP contribution in [-0.4, -0.2) is 138 Å². The van der Waals surface area contributed by atoms with Gasteiger partial charge in [-0.1, -0.05) is 57.8 Å². The maximum atomic E-state index is 11.5. The molecule has 0 aliphatic heterocycles. The van der Waals surface area contributed by atoms with Crippen LogP contribution in [0.15, 0.2) is 29.3 Å². The summed E-state index contributed by atoms with van der Waals surface area (Å²) in [5.74, 6) is -2.89. The first-order valence-corrected chi connectivity index (χ1v) is 14.0. The number of aliphatic hydroxyl groups is 2. The number of carbonyl (C=O) groups is 3. The monoisotopic (exact) mass is 610 g/mol. The van der Waals surface area contributed by atoms with Gasteiger partial charge in [0, 0.05) is 19.6 Å². The van der Waals surface area contributed by atoms with Crippen LogP contribution in [-0.2, 0) is 14.4 Å². The van der Waals surface area contributed by atoms with E-state index in [-0.39, 0.29) is 83.2 Å². The molecule has 0 aromatic carbocycles. The van der Waals surface area contributed by atoms with E-state index in [2.05, 4.69) is 24.2 Å². The summed E-state index contributed by atoms with van der Waals surface area (Å²) in [6, 6.07) is 0. The summed E-state index contributed by atoms with van der Waals surface area (Å²) in [6.45, 7) is 7.15. The quantitative estimate of drug-likeness (QED) is 0.0321. The second kappa shape index (κ2) is 29.9. The van der Waals surface area contributed by atoms with Crippen molar-refractivity contribution in [3.63, 3.8) is 0 Å². The maximum absolute atomic E-state index is 11.5. The van der Waals surface area contributed by atoms with Crippen LogP contribution in [0.3, 0.4) is 0 Å². The Balaban J connectivity index is -0.000000688. The van der Waals surface area contributed by atoms with Crippen molar-refractivity contribution in [3.8, 4) is 0 Å². The van der Waals surface area contributed by atoms with Crippen LogP contribution in [0.25, 0.3) is 0 Å². The SMILES string of the molecule is CCCCC/C=C/C(=O)NCN(CC(=O)O)CC(C)O.CCCCC/C=C/C([O-])=NCN(CC(=O)[O-])CC(C)O.[Ca+2]. The molecule has 0 aromatic rings. The number of carboxylic acids is 2. The van der Waals surface area contributed by atoms with Crippen LogP contribution in [0.4, 0.5) is 0 Å². The average molecular weight is 611 g/mol. The summed E-state index contributed by atoms with van der Waals surface area (Å²) in [4.78, 5) is 39.3. The minimum absolute atomic E-state index is 0. The fraction of sp³-hybridized carbons (Fsp3) is 0.714. The molecule has 0 aliphatic carbocycles. The number of rotatable bonds is 22. The molecule has 2 unspecified atom stereocenters. The molecule has 0 saturated heterocycles. The van der Waals surface area contributed by atoms with E-state index in [9.17, 15) is 34.8 Å². The van der Waals surface area contributed by atoms with E-state index in [0.717, 1.165) is 51.4 Å². The summed E-state index contributed by atoms with van der Waals surface area (Å²) in [7, 11) is 0. The molecule has 0 saturated carbocycles. The van der Waals surface area contributed by atoms with Crippen LogP contribution >= 0.6 is 0 Å². The van der Waals surface area contributed by atoms with E-state index in [0.29, 0.717) is 0 Å². The molecule has 1 amide bonds. The molecule has 2 atom stereocenters. The number of hydrogen-bond acceptors (Lipinski definition) is 10. The first kappa shape index (κ1) is 43.9. The minimum Gasteiger partial charge on any atom is -0.859 e. The van der Waals surface area contributed by atoms with Gasteiger partial charge in [-0.05, 0) is 51.5 Å². The summed E-state index contributed by atoms with van der Waals surface area (Å²) in [5, 5.41) is 51.8. The van der Waals surface area contributed by atoms with Gasteiger partial charge in [-0.15, -0.1) is 0 Å². The molecular formula is C28H50CaN4O8.